The third kappa shape index (κ3) is 4.05. The minimum atomic E-state index is -0.525. The molecule has 2 N–H and O–H groups in total. The number of benzene rings is 1. The van der Waals surface area contributed by atoms with Crippen molar-refractivity contribution in [3.8, 4) is 5.75 Å². The second-order valence-corrected chi connectivity index (χ2v) is 6.35. The van der Waals surface area contributed by atoms with Gasteiger partial charge in [0.2, 0.25) is 0 Å². The molecular weight excluding hydrogens is 310 g/mol. The van der Waals surface area contributed by atoms with Crippen molar-refractivity contribution >= 4 is 5.91 Å². The van der Waals surface area contributed by atoms with Gasteiger partial charge in [0, 0.05) is 49.9 Å². The van der Waals surface area contributed by atoms with E-state index < -0.39 is 5.91 Å². The van der Waals surface area contributed by atoms with Crippen LogP contribution in [-0.4, -0.2) is 73.0 Å². The molecule has 2 heterocycles. The number of morpholine rings is 1. The van der Waals surface area contributed by atoms with Crippen molar-refractivity contribution in [1.29, 1.82) is 0 Å². The van der Waals surface area contributed by atoms with Gasteiger partial charge in [0.05, 0.1) is 13.2 Å². The van der Waals surface area contributed by atoms with Gasteiger partial charge in [-0.15, -0.1) is 0 Å². The van der Waals surface area contributed by atoms with E-state index in [1.54, 1.807) is 17.6 Å². The number of hydroxylamine groups is 1. The van der Waals surface area contributed by atoms with E-state index in [4.69, 9.17) is 14.7 Å². The lowest BCUT2D eigenvalue weighted by molar-refractivity contribution is 0.0297. The van der Waals surface area contributed by atoms with Crippen LogP contribution < -0.4 is 10.2 Å². The number of hydrogen-bond donors (Lipinski definition) is 2. The van der Waals surface area contributed by atoms with E-state index in [1.165, 1.54) is 0 Å². The van der Waals surface area contributed by atoms with Gasteiger partial charge in [0.25, 0.3) is 5.91 Å². The van der Waals surface area contributed by atoms with Crippen LogP contribution in [0.1, 0.15) is 22.8 Å². The van der Waals surface area contributed by atoms with Gasteiger partial charge < -0.3 is 9.47 Å². The fraction of sp³-hybridized carbons (Fsp3) is 0.588. The van der Waals surface area contributed by atoms with E-state index in [-0.39, 0.29) is 0 Å². The summed E-state index contributed by atoms with van der Waals surface area (Å²) in [5, 5.41) is 8.76. The first-order valence-electron chi connectivity index (χ1n) is 8.41. The predicted molar refractivity (Wildman–Crippen MR) is 88.3 cm³/mol. The molecule has 132 valence electrons. The molecule has 1 fully saturated rings. The van der Waals surface area contributed by atoms with Crippen molar-refractivity contribution in [3.05, 3.63) is 29.3 Å². The Morgan fingerprint density at radius 2 is 2.12 bits per heavy atom. The largest absolute Gasteiger partial charge is 0.492 e. The van der Waals surface area contributed by atoms with E-state index in [9.17, 15) is 4.79 Å². The van der Waals surface area contributed by atoms with Gasteiger partial charge in [-0.25, -0.2) is 5.48 Å². The van der Waals surface area contributed by atoms with Crippen molar-refractivity contribution in [2.24, 2.45) is 0 Å². The lowest BCUT2D eigenvalue weighted by Gasteiger charge is -2.31. The Hall–Kier alpha value is -1.67. The SMILES string of the molecule is C[C@H]1COc2cc(C(=O)NO)ccc2CN1CCN1CCOCC1. The van der Waals surface area contributed by atoms with Gasteiger partial charge >= 0.3 is 0 Å². The highest BCUT2D eigenvalue weighted by Gasteiger charge is 2.23. The summed E-state index contributed by atoms with van der Waals surface area (Å²) in [5.41, 5.74) is 3.12. The second-order valence-electron chi connectivity index (χ2n) is 6.35. The van der Waals surface area contributed by atoms with E-state index >= 15 is 0 Å². The Morgan fingerprint density at radius 1 is 1.33 bits per heavy atom. The predicted octanol–water partition coefficient (Wildman–Crippen LogP) is 0.721. The summed E-state index contributed by atoms with van der Waals surface area (Å²) in [6.45, 7) is 9.16. The Balaban J connectivity index is 1.66. The highest BCUT2D eigenvalue weighted by atomic mass is 16.5. The van der Waals surface area contributed by atoms with Gasteiger partial charge in [-0.1, -0.05) is 6.07 Å². The van der Waals surface area contributed by atoms with Gasteiger partial charge in [-0.3, -0.25) is 19.8 Å². The molecule has 7 nitrogen and oxygen atoms in total. The number of carbonyl (C=O) groups is 1. The Kier molecular flexibility index (Phi) is 5.68. The average Bonchev–Trinajstić information content (AvgIpc) is 2.78. The van der Waals surface area contributed by atoms with Crippen molar-refractivity contribution in [2.75, 3.05) is 46.0 Å². The molecule has 0 radical (unpaired) electrons. The molecule has 0 bridgehead atoms. The van der Waals surface area contributed by atoms with Crippen molar-refractivity contribution < 1.29 is 19.5 Å². The summed E-state index contributed by atoms with van der Waals surface area (Å²) in [4.78, 5) is 16.4. The number of ether oxygens (including phenoxy) is 2. The average molecular weight is 335 g/mol. The maximum atomic E-state index is 11.5. The topological polar surface area (TPSA) is 74.3 Å². The number of nitrogens with one attached hydrogen (secondary N) is 1. The van der Waals surface area contributed by atoms with Crippen molar-refractivity contribution in [3.63, 3.8) is 0 Å². The lowest BCUT2D eigenvalue weighted by Crippen LogP contribution is -2.44. The van der Waals surface area contributed by atoms with Crippen LogP contribution in [0.4, 0.5) is 0 Å². The lowest BCUT2D eigenvalue weighted by atomic mass is 10.1. The van der Waals surface area contributed by atoms with Crippen LogP contribution >= 0.6 is 0 Å². The highest BCUT2D eigenvalue weighted by molar-refractivity contribution is 5.93. The molecule has 1 aromatic carbocycles. The standard InChI is InChI=1S/C17H25N3O4/c1-13-12-24-16-10-14(17(21)18-22)2-3-15(16)11-20(13)5-4-19-6-8-23-9-7-19/h2-3,10,13,22H,4-9,11-12H2,1H3,(H,18,21)/t13-/m0/s1. The van der Waals surface area contributed by atoms with E-state index in [1.807, 2.05) is 6.07 Å². The Bertz CT molecular complexity index is 575. The summed E-state index contributed by atoms with van der Waals surface area (Å²) in [5.74, 6) is 0.194. The minimum Gasteiger partial charge on any atom is -0.492 e. The van der Waals surface area contributed by atoms with Crippen molar-refractivity contribution in [1.82, 2.24) is 15.3 Å². The van der Waals surface area contributed by atoms with Crippen LogP contribution in [0.3, 0.4) is 0 Å². The molecule has 0 saturated carbocycles. The Labute approximate surface area is 142 Å². The quantitative estimate of drug-likeness (QED) is 0.624. The monoisotopic (exact) mass is 335 g/mol. The van der Waals surface area contributed by atoms with Crippen LogP contribution in [0.5, 0.6) is 5.75 Å². The van der Waals surface area contributed by atoms with Gasteiger partial charge in [0.15, 0.2) is 0 Å². The molecule has 1 aromatic rings. The van der Waals surface area contributed by atoms with Crippen LogP contribution in [0.2, 0.25) is 0 Å². The second kappa shape index (κ2) is 7.94. The highest BCUT2D eigenvalue weighted by Crippen LogP contribution is 2.26. The first-order chi connectivity index (χ1) is 11.7. The fourth-order valence-electron chi connectivity index (χ4n) is 3.11. The first-order valence-corrected chi connectivity index (χ1v) is 8.41. The molecule has 24 heavy (non-hydrogen) atoms. The molecule has 7 heteroatoms. The number of hydrogen-bond acceptors (Lipinski definition) is 6. The molecule has 2 aliphatic rings. The molecule has 1 saturated heterocycles. The van der Waals surface area contributed by atoms with E-state index in [0.29, 0.717) is 18.2 Å². The maximum absolute atomic E-state index is 11.5. The van der Waals surface area contributed by atoms with Gasteiger partial charge in [-0.05, 0) is 19.1 Å². The summed E-state index contributed by atoms with van der Waals surface area (Å²) < 4.78 is 11.3. The number of amides is 1. The molecule has 2 aliphatic heterocycles. The van der Waals surface area contributed by atoms with Crippen molar-refractivity contribution in [2.45, 2.75) is 19.5 Å². The number of carbonyl (C=O) groups excluding carboxylic acids is 1. The van der Waals surface area contributed by atoms with Gasteiger partial charge in [-0.2, -0.15) is 0 Å². The molecule has 0 aliphatic carbocycles. The zero-order chi connectivity index (χ0) is 16.9. The summed E-state index contributed by atoms with van der Waals surface area (Å²) in [7, 11) is 0. The minimum absolute atomic E-state index is 0.300. The number of fused-ring (bicyclic) bond motifs is 1. The van der Waals surface area contributed by atoms with Crippen LogP contribution in [0.25, 0.3) is 0 Å². The normalized spacial score (nSPS) is 22.3. The smallest absolute Gasteiger partial charge is 0.274 e. The van der Waals surface area contributed by atoms with Crippen LogP contribution in [0.15, 0.2) is 18.2 Å². The van der Waals surface area contributed by atoms with E-state index in [0.717, 1.165) is 57.3 Å². The van der Waals surface area contributed by atoms with E-state index in [2.05, 4.69) is 16.7 Å². The summed E-state index contributed by atoms with van der Waals surface area (Å²) in [6.07, 6.45) is 0. The number of nitrogens with zero attached hydrogens (tertiary/aromatic N) is 2. The molecular formula is C17H25N3O4. The fourth-order valence-corrected chi connectivity index (χ4v) is 3.11. The van der Waals surface area contributed by atoms with Crippen LogP contribution in [0, 0.1) is 0 Å². The third-order valence-corrected chi connectivity index (χ3v) is 4.71. The number of rotatable bonds is 4. The Morgan fingerprint density at radius 3 is 2.88 bits per heavy atom. The first kappa shape index (κ1) is 17.2. The molecule has 1 amide bonds. The molecule has 0 unspecified atom stereocenters. The summed E-state index contributed by atoms with van der Waals surface area (Å²) >= 11 is 0. The summed E-state index contributed by atoms with van der Waals surface area (Å²) in [6, 6.07) is 5.61. The van der Waals surface area contributed by atoms with Gasteiger partial charge in [0.1, 0.15) is 12.4 Å². The molecule has 0 aromatic heterocycles. The van der Waals surface area contributed by atoms with Crippen LogP contribution in [-0.2, 0) is 11.3 Å². The zero-order valence-electron chi connectivity index (χ0n) is 14.0. The third-order valence-electron chi connectivity index (χ3n) is 4.71. The molecule has 3 rings (SSSR count). The zero-order valence-corrected chi connectivity index (χ0v) is 14.0. The molecule has 1 atom stereocenters. The molecule has 0 spiro atoms. The maximum Gasteiger partial charge on any atom is 0.274 e.